The zero-order valence-corrected chi connectivity index (χ0v) is 6.39. The minimum atomic E-state index is 0.236. The molecule has 0 aromatic rings. The Morgan fingerprint density at radius 1 is 1.40 bits per heavy atom. The van der Waals surface area contributed by atoms with Gasteiger partial charge in [0.25, 0.3) is 0 Å². The van der Waals surface area contributed by atoms with E-state index < -0.39 is 0 Å². The van der Waals surface area contributed by atoms with Gasteiger partial charge in [-0.05, 0) is 0 Å². The van der Waals surface area contributed by atoms with Crippen molar-refractivity contribution in [2.75, 3.05) is 27.3 Å². The molecule has 1 aliphatic rings. The largest absolute Gasteiger partial charge is 0.378 e. The zero-order valence-electron chi connectivity index (χ0n) is 6.39. The smallest absolute Gasteiger partial charge is 0.0883 e. The van der Waals surface area contributed by atoms with Crippen LogP contribution in [0.25, 0.3) is 0 Å². The first-order valence-electron chi connectivity index (χ1n) is 3.40. The molecule has 1 saturated heterocycles. The molecule has 10 heavy (non-hydrogen) atoms. The van der Waals surface area contributed by atoms with Crippen molar-refractivity contribution in [2.45, 2.75) is 12.1 Å². The van der Waals surface area contributed by atoms with Gasteiger partial charge in [-0.3, -0.25) is 0 Å². The Balaban J connectivity index is 2.27. The number of nitrogens with one attached hydrogen (secondary N) is 2. The number of hydrogen-bond acceptors (Lipinski definition) is 4. The van der Waals surface area contributed by atoms with Crippen molar-refractivity contribution >= 4 is 0 Å². The molecule has 1 heterocycles. The van der Waals surface area contributed by atoms with Gasteiger partial charge in [-0.15, -0.1) is 0 Å². The summed E-state index contributed by atoms with van der Waals surface area (Å²) in [6.07, 6.45) is 0.236. The lowest BCUT2D eigenvalue weighted by Crippen LogP contribution is -2.39. The maximum Gasteiger partial charge on any atom is 0.0883 e. The Morgan fingerprint density at radius 3 is 2.80 bits per heavy atom. The molecule has 0 aromatic carbocycles. The van der Waals surface area contributed by atoms with Crippen LogP contribution in [-0.2, 0) is 9.57 Å². The highest BCUT2D eigenvalue weighted by Gasteiger charge is 2.26. The van der Waals surface area contributed by atoms with E-state index in [0.29, 0.717) is 0 Å². The van der Waals surface area contributed by atoms with Crippen molar-refractivity contribution in [3.8, 4) is 0 Å². The van der Waals surface area contributed by atoms with Crippen molar-refractivity contribution in [1.82, 2.24) is 10.8 Å². The highest BCUT2D eigenvalue weighted by molar-refractivity contribution is 4.85. The molecule has 0 radical (unpaired) electrons. The number of rotatable bonds is 3. The lowest BCUT2D eigenvalue weighted by Gasteiger charge is -2.16. The molecular weight excluding hydrogens is 132 g/mol. The Labute approximate surface area is 60.8 Å². The fourth-order valence-corrected chi connectivity index (χ4v) is 1.17. The van der Waals surface area contributed by atoms with Gasteiger partial charge < -0.3 is 14.9 Å². The SMILES string of the molecule is CONC1CNCC1OC. The molecule has 0 aliphatic carbocycles. The second-order valence-corrected chi connectivity index (χ2v) is 2.36. The summed E-state index contributed by atoms with van der Waals surface area (Å²) in [6, 6.07) is 0.287. The van der Waals surface area contributed by atoms with Crippen LogP contribution in [0.5, 0.6) is 0 Å². The van der Waals surface area contributed by atoms with Gasteiger partial charge in [0.1, 0.15) is 0 Å². The van der Waals surface area contributed by atoms with E-state index in [1.54, 1.807) is 14.2 Å². The predicted molar refractivity (Wildman–Crippen MR) is 37.6 cm³/mol. The summed E-state index contributed by atoms with van der Waals surface area (Å²) in [5.41, 5.74) is 2.86. The molecule has 0 bridgehead atoms. The van der Waals surface area contributed by atoms with Crippen LogP contribution >= 0.6 is 0 Å². The molecule has 0 saturated carbocycles. The van der Waals surface area contributed by atoms with Crippen molar-refractivity contribution in [1.29, 1.82) is 0 Å². The molecule has 4 nitrogen and oxygen atoms in total. The average molecular weight is 146 g/mol. The highest BCUT2D eigenvalue weighted by Crippen LogP contribution is 2.02. The topological polar surface area (TPSA) is 42.5 Å². The van der Waals surface area contributed by atoms with Crippen LogP contribution in [0.15, 0.2) is 0 Å². The van der Waals surface area contributed by atoms with Crippen molar-refractivity contribution in [3.63, 3.8) is 0 Å². The maximum atomic E-state index is 5.17. The van der Waals surface area contributed by atoms with E-state index in [1.807, 2.05) is 0 Å². The monoisotopic (exact) mass is 146 g/mol. The third-order valence-corrected chi connectivity index (χ3v) is 1.73. The molecular formula is C6H14N2O2. The van der Waals surface area contributed by atoms with Gasteiger partial charge in [0.15, 0.2) is 0 Å². The van der Waals surface area contributed by atoms with E-state index in [0.717, 1.165) is 13.1 Å². The van der Waals surface area contributed by atoms with Gasteiger partial charge in [-0.2, -0.15) is 5.48 Å². The molecule has 2 atom stereocenters. The van der Waals surface area contributed by atoms with Gasteiger partial charge in [0.2, 0.25) is 0 Å². The van der Waals surface area contributed by atoms with E-state index in [-0.39, 0.29) is 12.1 Å². The van der Waals surface area contributed by atoms with E-state index in [2.05, 4.69) is 10.8 Å². The Morgan fingerprint density at radius 2 is 2.20 bits per heavy atom. The fourth-order valence-electron chi connectivity index (χ4n) is 1.17. The highest BCUT2D eigenvalue weighted by atomic mass is 16.6. The molecule has 4 heteroatoms. The van der Waals surface area contributed by atoms with Crippen LogP contribution < -0.4 is 10.8 Å². The number of hydroxylamine groups is 1. The zero-order chi connectivity index (χ0) is 7.40. The summed E-state index contributed by atoms with van der Waals surface area (Å²) in [7, 11) is 3.33. The summed E-state index contributed by atoms with van der Waals surface area (Å²) in [4.78, 5) is 4.79. The Hall–Kier alpha value is -0.160. The van der Waals surface area contributed by atoms with Gasteiger partial charge in [0, 0.05) is 20.2 Å². The molecule has 0 aromatic heterocycles. The summed E-state index contributed by atoms with van der Waals surface area (Å²) in [5, 5.41) is 3.19. The average Bonchev–Trinajstić information content (AvgIpc) is 2.36. The first-order valence-corrected chi connectivity index (χ1v) is 3.40. The van der Waals surface area contributed by atoms with Crippen LogP contribution in [0.3, 0.4) is 0 Å². The van der Waals surface area contributed by atoms with Crippen LogP contribution in [0.4, 0.5) is 0 Å². The van der Waals surface area contributed by atoms with E-state index >= 15 is 0 Å². The Bertz CT molecular complexity index is 99.7. The number of ether oxygens (including phenoxy) is 1. The van der Waals surface area contributed by atoms with E-state index in [1.165, 1.54) is 0 Å². The quantitative estimate of drug-likeness (QED) is 0.508. The molecule has 1 fully saturated rings. The predicted octanol–water partition coefficient (Wildman–Crippen LogP) is -0.876. The minimum Gasteiger partial charge on any atom is -0.378 e. The Kier molecular flexibility index (Phi) is 3.08. The second kappa shape index (κ2) is 3.88. The van der Waals surface area contributed by atoms with Gasteiger partial charge in [-0.25, -0.2) is 0 Å². The van der Waals surface area contributed by atoms with Crippen molar-refractivity contribution in [2.24, 2.45) is 0 Å². The number of methoxy groups -OCH3 is 1. The molecule has 1 aliphatic heterocycles. The maximum absolute atomic E-state index is 5.17. The van der Waals surface area contributed by atoms with Crippen molar-refractivity contribution in [3.05, 3.63) is 0 Å². The normalized spacial score (nSPS) is 33.0. The summed E-state index contributed by atoms with van der Waals surface area (Å²) < 4.78 is 5.17. The molecule has 0 amide bonds. The lowest BCUT2D eigenvalue weighted by molar-refractivity contribution is 0.00876. The summed E-state index contributed by atoms with van der Waals surface area (Å²) in [5.74, 6) is 0. The molecule has 2 unspecified atom stereocenters. The van der Waals surface area contributed by atoms with Crippen LogP contribution in [0.1, 0.15) is 0 Å². The van der Waals surface area contributed by atoms with Crippen LogP contribution in [0.2, 0.25) is 0 Å². The van der Waals surface area contributed by atoms with Gasteiger partial charge in [-0.1, -0.05) is 0 Å². The van der Waals surface area contributed by atoms with E-state index in [9.17, 15) is 0 Å². The van der Waals surface area contributed by atoms with Crippen LogP contribution in [-0.4, -0.2) is 39.5 Å². The summed E-state index contributed by atoms with van der Waals surface area (Å²) in [6.45, 7) is 1.81. The first kappa shape index (κ1) is 7.94. The minimum absolute atomic E-state index is 0.236. The third-order valence-electron chi connectivity index (χ3n) is 1.73. The van der Waals surface area contributed by atoms with Gasteiger partial charge in [0.05, 0.1) is 19.3 Å². The second-order valence-electron chi connectivity index (χ2n) is 2.36. The third kappa shape index (κ3) is 1.67. The van der Waals surface area contributed by atoms with E-state index in [4.69, 9.17) is 9.57 Å². The molecule has 1 rings (SSSR count). The standard InChI is InChI=1S/C6H14N2O2/c1-9-6-4-7-3-5(6)8-10-2/h5-8H,3-4H2,1-2H3. The van der Waals surface area contributed by atoms with Crippen LogP contribution in [0, 0.1) is 0 Å². The molecule has 2 N–H and O–H groups in total. The van der Waals surface area contributed by atoms with Gasteiger partial charge >= 0.3 is 0 Å². The lowest BCUT2D eigenvalue weighted by atomic mass is 10.2. The first-order chi connectivity index (χ1) is 4.88. The number of hydrogen-bond donors (Lipinski definition) is 2. The van der Waals surface area contributed by atoms with Crippen molar-refractivity contribution < 1.29 is 9.57 Å². The molecule has 60 valence electrons. The summed E-state index contributed by atoms with van der Waals surface area (Å²) >= 11 is 0. The fraction of sp³-hybridized carbons (Fsp3) is 1.00. The molecule has 0 spiro atoms.